The Bertz CT molecular complexity index is 1860. The molecule has 210 valence electrons. The molecule has 11 heteroatoms. The number of aromatic nitrogens is 6. The van der Waals surface area contributed by atoms with Gasteiger partial charge in [0.2, 0.25) is 0 Å². The zero-order valence-corrected chi connectivity index (χ0v) is 23.2. The maximum absolute atomic E-state index is 14.1. The van der Waals surface area contributed by atoms with Crippen molar-refractivity contribution in [2.45, 2.75) is 25.3 Å². The van der Waals surface area contributed by atoms with Gasteiger partial charge in [0.25, 0.3) is 5.91 Å². The van der Waals surface area contributed by atoms with Crippen LogP contribution >= 0.6 is 0 Å². The normalized spacial score (nSPS) is 21.4. The number of carbonyl (C=O) groups is 1. The molecule has 2 fully saturated rings. The lowest BCUT2D eigenvalue weighted by Gasteiger charge is -2.28. The Morgan fingerprint density at radius 2 is 1.93 bits per heavy atom. The van der Waals surface area contributed by atoms with E-state index in [-0.39, 0.29) is 5.69 Å². The van der Waals surface area contributed by atoms with Crippen molar-refractivity contribution in [3.8, 4) is 28.5 Å². The van der Waals surface area contributed by atoms with E-state index < -0.39 is 17.3 Å². The lowest BCUT2D eigenvalue weighted by molar-refractivity contribution is 0.0895. The minimum atomic E-state index is -0.612. The summed E-state index contributed by atoms with van der Waals surface area (Å²) in [6.45, 7) is 3.70. The minimum absolute atomic E-state index is 0.164. The number of hydrogen-bond donors (Lipinski definition) is 1. The summed E-state index contributed by atoms with van der Waals surface area (Å²) in [6, 6.07) is 13.0. The number of pyridine rings is 3. The second-order valence-electron chi connectivity index (χ2n) is 11.6. The van der Waals surface area contributed by atoms with Gasteiger partial charge in [0.1, 0.15) is 11.9 Å². The van der Waals surface area contributed by atoms with Crippen LogP contribution in [0.2, 0.25) is 0 Å². The molecule has 2 aliphatic rings. The van der Waals surface area contributed by atoms with Crippen molar-refractivity contribution >= 4 is 17.2 Å². The fraction of sp³-hybridized carbons (Fsp3) is 0.290. The van der Waals surface area contributed by atoms with E-state index in [0.717, 1.165) is 59.7 Å². The molecule has 7 rings (SSSR count). The Balaban J connectivity index is 1.09. The Labute approximate surface area is 241 Å². The highest BCUT2D eigenvalue weighted by molar-refractivity contribution is 5.93. The van der Waals surface area contributed by atoms with Gasteiger partial charge in [-0.05, 0) is 68.0 Å². The summed E-state index contributed by atoms with van der Waals surface area (Å²) >= 11 is 0. The second kappa shape index (κ2) is 9.76. The first-order valence-electron chi connectivity index (χ1n) is 13.9. The maximum atomic E-state index is 14.1. The number of fused-ring (bicyclic) bond motifs is 2. The lowest BCUT2D eigenvalue weighted by Crippen LogP contribution is -2.45. The molecule has 5 aromatic heterocycles. The Kier molecular flexibility index (Phi) is 6.01. The number of hydrogen-bond acceptors (Lipinski definition) is 7. The van der Waals surface area contributed by atoms with Crippen LogP contribution in [-0.4, -0.2) is 53.9 Å². The third-order valence-corrected chi connectivity index (χ3v) is 8.52. The molecule has 1 aliphatic carbocycles. The Hall–Kier alpha value is -5.11. The number of aryl methyl sites for hydroxylation is 1. The first-order valence-corrected chi connectivity index (χ1v) is 13.9. The van der Waals surface area contributed by atoms with Gasteiger partial charge in [0.15, 0.2) is 11.5 Å². The molecule has 10 nitrogen and oxygen atoms in total. The predicted octanol–water partition coefficient (Wildman–Crippen LogP) is 4.24. The van der Waals surface area contributed by atoms with Crippen LogP contribution in [0.1, 0.15) is 35.8 Å². The Morgan fingerprint density at radius 1 is 1.12 bits per heavy atom. The molecule has 0 aromatic carbocycles. The average molecular weight is 562 g/mol. The number of nitrogens with one attached hydrogen (secondary N) is 1. The van der Waals surface area contributed by atoms with Crippen LogP contribution in [0.15, 0.2) is 67.4 Å². The fourth-order valence-corrected chi connectivity index (χ4v) is 6.68. The van der Waals surface area contributed by atoms with Crippen LogP contribution < -0.4 is 10.2 Å². The number of halogens is 1. The van der Waals surface area contributed by atoms with Crippen molar-refractivity contribution in [3.63, 3.8) is 0 Å². The van der Waals surface area contributed by atoms with E-state index in [9.17, 15) is 14.4 Å². The van der Waals surface area contributed by atoms with Crippen LogP contribution in [0, 0.1) is 29.0 Å². The molecular formula is C31H28FN9O. The van der Waals surface area contributed by atoms with E-state index in [0.29, 0.717) is 17.4 Å². The topological polar surface area (TPSA) is 117 Å². The third-order valence-electron chi connectivity index (χ3n) is 8.52. The second-order valence-corrected chi connectivity index (χ2v) is 11.6. The first kappa shape index (κ1) is 25.8. The number of nitrogens with zero attached hydrogens (tertiary/aromatic N) is 8. The smallest absolute Gasteiger partial charge is 0.273 e. The third kappa shape index (κ3) is 4.45. The highest BCUT2D eigenvalue weighted by Gasteiger charge is 2.48. The average Bonchev–Trinajstić information content (AvgIpc) is 3.75. The predicted molar refractivity (Wildman–Crippen MR) is 154 cm³/mol. The number of amides is 1. The van der Waals surface area contributed by atoms with E-state index in [1.165, 1.54) is 18.3 Å². The molecule has 3 atom stereocenters. The van der Waals surface area contributed by atoms with Crippen molar-refractivity contribution in [3.05, 3.63) is 84.5 Å². The summed E-state index contributed by atoms with van der Waals surface area (Å²) in [4.78, 5) is 23.8. The largest absolute Gasteiger partial charge is 0.356 e. The summed E-state index contributed by atoms with van der Waals surface area (Å²) in [6.07, 6.45) is 10.2. The molecule has 1 unspecified atom stereocenters. The van der Waals surface area contributed by atoms with E-state index >= 15 is 0 Å². The van der Waals surface area contributed by atoms with Gasteiger partial charge in [-0.25, -0.2) is 18.9 Å². The van der Waals surface area contributed by atoms with Crippen LogP contribution in [0.25, 0.3) is 27.9 Å². The van der Waals surface area contributed by atoms with Crippen molar-refractivity contribution in [1.29, 1.82) is 5.26 Å². The number of rotatable bonds is 5. The van der Waals surface area contributed by atoms with E-state index in [2.05, 4.69) is 31.5 Å². The maximum Gasteiger partial charge on any atom is 0.273 e. The molecular weight excluding hydrogens is 533 g/mol. The van der Waals surface area contributed by atoms with E-state index in [1.54, 1.807) is 15.4 Å². The van der Waals surface area contributed by atoms with E-state index in [1.807, 2.05) is 56.8 Å². The monoisotopic (exact) mass is 561 g/mol. The SMILES string of the molecule is Cn1ccc(-c2cc(-c3ccc(N4C[C@@H]5CC(C)(NC(=O)c6ncccc6F)C[C@@H]5C4)nc3)c3c(C#N)cnn3c2)n1. The van der Waals surface area contributed by atoms with Gasteiger partial charge in [-0.15, -0.1) is 0 Å². The summed E-state index contributed by atoms with van der Waals surface area (Å²) in [7, 11) is 1.87. The molecule has 6 heterocycles. The van der Waals surface area contributed by atoms with Gasteiger partial charge in [-0.3, -0.25) is 9.48 Å². The zero-order valence-electron chi connectivity index (χ0n) is 23.2. The quantitative estimate of drug-likeness (QED) is 0.341. The van der Waals surface area contributed by atoms with Gasteiger partial charge in [0, 0.05) is 67.2 Å². The molecule has 1 saturated carbocycles. The van der Waals surface area contributed by atoms with Crippen molar-refractivity contribution in [2.24, 2.45) is 18.9 Å². The standard InChI is InChI=1S/C31H28FN9O/c1-31(37-30(42)28-25(32)4-3-8-34-28)11-21-16-40(17-22(21)12-31)27-6-5-19(14-35-27)24-10-20(26-7-9-39(2)38-26)18-41-29(24)23(13-33)15-36-41/h3-10,14-15,18,21-22H,11-12,16-17H2,1-2H3,(H,37,42)/t21-,22+,31?. The van der Waals surface area contributed by atoms with Gasteiger partial charge in [-0.1, -0.05) is 0 Å². The lowest BCUT2D eigenvalue weighted by atomic mass is 9.97. The van der Waals surface area contributed by atoms with Gasteiger partial charge in [-0.2, -0.15) is 15.5 Å². The molecule has 0 spiro atoms. The highest BCUT2D eigenvalue weighted by Crippen LogP contribution is 2.45. The zero-order chi connectivity index (χ0) is 29.0. The first-order chi connectivity index (χ1) is 20.3. The summed E-state index contributed by atoms with van der Waals surface area (Å²) < 4.78 is 17.6. The number of anilines is 1. The van der Waals surface area contributed by atoms with Crippen molar-refractivity contribution in [2.75, 3.05) is 18.0 Å². The van der Waals surface area contributed by atoms with Crippen LogP contribution in [0.4, 0.5) is 10.2 Å². The van der Waals surface area contributed by atoms with Crippen LogP contribution in [0.3, 0.4) is 0 Å². The van der Waals surface area contributed by atoms with Crippen molar-refractivity contribution < 1.29 is 9.18 Å². The van der Waals surface area contributed by atoms with Gasteiger partial charge >= 0.3 is 0 Å². The fourth-order valence-electron chi connectivity index (χ4n) is 6.68. The number of carbonyl (C=O) groups excluding carboxylic acids is 1. The van der Waals surface area contributed by atoms with Gasteiger partial charge < -0.3 is 10.2 Å². The molecule has 0 radical (unpaired) electrons. The van der Waals surface area contributed by atoms with Crippen LogP contribution in [0.5, 0.6) is 0 Å². The van der Waals surface area contributed by atoms with Crippen LogP contribution in [-0.2, 0) is 7.05 Å². The highest BCUT2D eigenvalue weighted by atomic mass is 19.1. The summed E-state index contributed by atoms with van der Waals surface area (Å²) in [5.41, 5.74) is 4.11. The summed E-state index contributed by atoms with van der Waals surface area (Å²) in [5.74, 6) is 0.595. The van der Waals surface area contributed by atoms with E-state index in [4.69, 9.17) is 4.98 Å². The molecule has 1 saturated heterocycles. The molecule has 0 bridgehead atoms. The molecule has 5 aromatic rings. The minimum Gasteiger partial charge on any atom is -0.356 e. The van der Waals surface area contributed by atoms with Crippen molar-refractivity contribution in [1.82, 2.24) is 34.7 Å². The molecule has 1 aliphatic heterocycles. The molecule has 1 N–H and O–H groups in total. The number of nitriles is 1. The Morgan fingerprint density at radius 3 is 2.60 bits per heavy atom. The molecule has 42 heavy (non-hydrogen) atoms. The molecule has 1 amide bonds. The summed E-state index contributed by atoms with van der Waals surface area (Å²) in [5, 5.41) is 21.7. The van der Waals surface area contributed by atoms with Gasteiger partial charge in [0.05, 0.1) is 23.0 Å².